The summed E-state index contributed by atoms with van der Waals surface area (Å²) in [6, 6.07) is 7.29. The number of carbonyl (C=O) groups excluding carboxylic acids is 1. The van der Waals surface area contributed by atoms with Crippen molar-refractivity contribution >= 4 is 29.0 Å². The van der Waals surface area contributed by atoms with Gasteiger partial charge >= 0.3 is 0 Å². The Kier molecular flexibility index (Phi) is 4.37. The van der Waals surface area contributed by atoms with Gasteiger partial charge in [0.15, 0.2) is 0 Å². The Bertz CT molecular complexity index is 459. The lowest BCUT2D eigenvalue weighted by Crippen LogP contribution is -2.45. The van der Waals surface area contributed by atoms with Gasteiger partial charge in [0.1, 0.15) is 0 Å². The van der Waals surface area contributed by atoms with Crippen molar-refractivity contribution in [2.24, 2.45) is 0 Å². The zero-order valence-electron chi connectivity index (χ0n) is 11.1. The topological polar surface area (TPSA) is 66.6 Å². The molecule has 2 rings (SSSR count). The molecule has 4 nitrogen and oxygen atoms in total. The molecule has 1 aliphatic rings. The second kappa shape index (κ2) is 5.84. The van der Waals surface area contributed by atoms with Gasteiger partial charge in [-0.15, -0.1) is 11.8 Å². The molecule has 1 fully saturated rings. The fourth-order valence-electron chi connectivity index (χ4n) is 2.40. The Hall–Kier alpha value is -1.20. The van der Waals surface area contributed by atoms with Crippen LogP contribution in [-0.2, 0) is 4.79 Å². The molecule has 0 saturated carbocycles. The quantitative estimate of drug-likeness (QED) is 0.826. The molecule has 1 saturated heterocycles. The van der Waals surface area contributed by atoms with Crippen LogP contribution in [0.5, 0.6) is 0 Å². The van der Waals surface area contributed by atoms with Crippen molar-refractivity contribution in [3.05, 3.63) is 24.3 Å². The van der Waals surface area contributed by atoms with Gasteiger partial charge < -0.3 is 15.7 Å². The van der Waals surface area contributed by atoms with Crippen LogP contribution in [0.3, 0.4) is 0 Å². The normalized spacial score (nSPS) is 22.4. The maximum atomic E-state index is 12.7. The number of nitrogen functional groups attached to an aromatic ring is 1. The van der Waals surface area contributed by atoms with E-state index in [-0.39, 0.29) is 19.1 Å². The molecule has 1 atom stereocenters. The van der Waals surface area contributed by atoms with Gasteiger partial charge in [0.25, 0.3) is 0 Å². The summed E-state index contributed by atoms with van der Waals surface area (Å²) in [7, 11) is 0. The molecule has 1 aromatic rings. The van der Waals surface area contributed by atoms with Crippen molar-refractivity contribution < 1.29 is 9.90 Å². The summed E-state index contributed by atoms with van der Waals surface area (Å²) in [5.74, 6) is 1.06. The number of nitrogens with two attached hydrogens (primary N) is 1. The lowest BCUT2D eigenvalue weighted by atomic mass is 10.0. The van der Waals surface area contributed by atoms with Crippen molar-refractivity contribution in [1.29, 1.82) is 0 Å². The molecule has 104 valence electrons. The Balaban J connectivity index is 2.30. The molecule has 3 N–H and O–H groups in total. The molecule has 5 heteroatoms. The van der Waals surface area contributed by atoms with E-state index in [4.69, 9.17) is 5.73 Å². The minimum atomic E-state index is -0.391. The largest absolute Gasteiger partial charge is 0.397 e. The van der Waals surface area contributed by atoms with Crippen LogP contribution in [-0.4, -0.2) is 34.7 Å². The number of nitrogens with zero attached hydrogens (tertiary/aromatic N) is 1. The molecular weight excluding hydrogens is 260 g/mol. The average Bonchev–Trinajstić information content (AvgIpc) is 2.84. The van der Waals surface area contributed by atoms with Crippen molar-refractivity contribution in [3.63, 3.8) is 0 Å². The molecule has 0 bridgehead atoms. The Morgan fingerprint density at radius 3 is 2.84 bits per heavy atom. The summed E-state index contributed by atoms with van der Waals surface area (Å²) < 4.78 is -0.391. The smallest absolute Gasteiger partial charge is 0.243 e. The van der Waals surface area contributed by atoms with Crippen LogP contribution in [0.4, 0.5) is 11.4 Å². The maximum Gasteiger partial charge on any atom is 0.243 e. The molecule has 1 aromatic carbocycles. The zero-order valence-corrected chi connectivity index (χ0v) is 11.9. The Labute approximate surface area is 118 Å². The highest BCUT2D eigenvalue weighted by Gasteiger charge is 2.40. The van der Waals surface area contributed by atoms with Gasteiger partial charge in [-0.25, -0.2) is 0 Å². The van der Waals surface area contributed by atoms with Crippen molar-refractivity contribution in [2.75, 3.05) is 29.5 Å². The number of anilines is 2. The number of para-hydroxylation sites is 2. The Morgan fingerprint density at radius 1 is 1.53 bits per heavy atom. The number of thioether (sulfide) groups is 1. The van der Waals surface area contributed by atoms with Crippen LogP contribution in [0.2, 0.25) is 0 Å². The second-order valence-corrected chi connectivity index (χ2v) is 6.52. The standard InChI is InChI=1S/C14H20N2O2S/c1-14(7-4-10-19-14)13(18)16(8-9-17)12-6-3-2-5-11(12)15/h2-3,5-6,17H,4,7-10,15H2,1H3. The predicted molar refractivity (Wildman–Crippen MR) is 80.4 cm³/mol. The summed E-state index contributed by atoms with van der Waals surface area (Å²) in [6.45, 7) is 2.19. The van der Waals surface area contributed by atoms with E-state index in [1.165, 1.54) is 0 Å². The SMILES string of the molecule is CC1(C(=O)N(CCO)c2ccccc2N)CCCS1. The third kappa shape index (κ3) is 2.87. The highest BCUT2D eigenvalue weighted by atomic mass is 32.2. The van der Waals surface area contributed by atoms with Crippen LogP contribution < -0.4 is 10.6 Å². The minimum absolute atomic E-state index is 0.0435. The summed E-state index contributed by atoms with van der Waals surface area (Å²) in [5, 5.41) is 9.22. The summed E-state index contributed by atoms with van der Waals surface area (Å²) >= 11 is 1.69. The van der Waals surface area contributed by atoms with E-state index in [2.05, 4.69) is 0 Å². The highest BCUT2D eigenvalue weighted by molar-refractivity contribution is 8.01. The van der Waals surface area contributed by atoms with Gasteiger partial charge in [0, 0.05) is 6.54 Å². The molecule has 1 aliphatic heterocycles. The van der Waals surface area contributed by atoms with Gasteiger partial charge in [-0.2, -0.15) is 0 Å². The van der Waals surface area contributed by atoms with E-state index in [9.17, 15) is 9.90 Å². The highest BCUT2D eigenvalue weighted by Crippen LogP contribution is 2.40. The van der Waals surface area contributed by atoms with E-state index in [0.717, 1.165) is 18.6 Å². The minimum Gasteiger partial charge on any atom is -0.397 e. The van der Waals surface area contributed by atoms with E-state index in [1.54, 1.807) is 22.7 Å². The van der Waals surface area contributed by atoms with Gasteiger partial charge in [-0.1, -0.05) is 12.1 Å². The van der Waals surface area contributed by atoms with Crippen LogP contribution in [0.15, 0.2) is 24.3 Å². The summed E-state index contributed by atoms with van der Waals surface area (Å²) in [5.41, 5.74) is 7.20. The molecule has 0 radical (unpaired) electrons. The van der Waals surface area contributed by atoms with Gasteiger partial charge in [0.2, 0.25) is 5.91 Å². The first kappa shape index (κ1) is 14.2. The first-order valence-corrected chi connectivity index (χ1v) is 7.48. The second-order valence-electron chi connectivity index (χ2n) is 4.92. The van der Waals surface area contributed by atoms with Crippen molar-refractivity contribution in [3.8, 4) is 0 Å². The fraction of sp³-hybridized carbons (Fsp3) is 0.500. The molecular formula is C14H20N2O2S. The van der Waals surface area contributed by atoms with Gasteiger partial charge in [-0.3, -0.25) is 4.79 Å². The molecule has 19 heavy (non-hydrogen) atoms. The Morgan fingerprint density at radius 2 is 2.26 bits per heavy atom. The first-order chi connectivity index (χ1) is 9.08. The van der Waals surface area contributed by atoms with E-state index >= 15 is 0 Å². The lowest BCUT2D eigenvalue weighted by Gasteiger charge is -2.31. The van der Waals surface area contributed by atoms with Crippen molar-refractivity contribution in [2.45, 2.75) is 24.5 Å². The monoisotopic (exact) mass is 280 g/mol. The van der Waals surface area contributed by atoms with Gasteiger partial charge in [0.05, 0.1) is 22.7 Å². The van der Waals surface area contributed by atoms with Crippen molar-refractivity contribution in [1.82, 2.24) is 0 Å². The number of aliphatic hydroxyl groups excluding tert-OH is 1. The summed E-state index contributed by atoms with van der Waals surface area (Å²) in [4.78, 5) is 14.4. The number of rotatable bonds is 4. The van der Waals surface area contributed by atoms with Gasteiger partial charge in [-0.05, 0) is 37.7 Å². The number of aliphatic hydroxyl groups is 1. The lowest BCUT2D eigenvalue weighted by molar-refractivity contribution is -0.120. The molecule has 0 aliphatic carbocycles. The number of carbonyl (C=O) groups is 1. The van der Waals surface area contributed by atoms with E-state index in [1.807, 2.05) is 25.1 Å². The predicted octanol–water partition coefficient (Wildman–Crippen LogP) is 1.88. The number of benzene rings is 1. The molecule has 1 amide bonds. The fourth-order valence-corrected chi connectivity index (χ4v) is 3.66. The van der Waals surface area contributed by atoms with Crippen LogP contribution in [0.1, 0.15) is 19.8 Å². The van der Waals surface area contributed by atoms with Crippen LogP contribution in [0.25, 0.3) is 0 Å². The first-order valence-electron chi connectivity index (χ1n) is 6.50. The summed E-state index contributed by atoms with van der Waals surface area (Å²) in [6.07, 6.45) is 1.94. The third-order valence-electron chi connectivity index (χ3n) is 3.47. The number of hydrogen-bond acceptors (Lipinski definition) is 4. The van der Waals surface area contributed by atoms with Crippen LogP contribution in [0, 0.1) is 0 Å². The number of amides is 1. The van der Waals surface area contributed by atoms with E-state index < -0.39 is 4.75 Å². The van der Waals surface area contributed by atoms with E-state index in [0.29, 0.717) is 11.4 Å². The zero-order chi connectivity index (χ0) is 13.9. The maximum absolute atomic E-state index is 12.7. The molecule has 1 heterocycles. The molecule has 0 aromatic heterocycles. The molecule has 0 spiro atoms. The molecule has 1 unspecified atom stereocenters. The van der Waals surface area contributed by atoms with Crippen LogP contribution >= 0.6 is 11.8 Å². The number of hydrogen-bond donors (Lipinski definition) is 2. The average molecular weight is 280 g/mol. The third-order valence-corrected chi connectivity index (χ3v) is 4.98.